The molecule has 1 aromatic carbocycles. The summed E-state index contributed by atoms with van der Waals surface area (Å²) in [7, 11) is 0. The standard InChI is InChI=1S/C16H21ClN2O.ClH/c1-11-5-6-13(17)14(8-11)19-15(20)16-7-3-2-4-12(16)9-18-10-16;/h5-6,8,12,18H,2-4,7,9-10H2,1H3,(H,19,20);1H/t12-,16+;/m0./s1. The van der Waals surface area contributed by atoms with Crippen LogP contribution in [0.3, 0.4) is 0 Å². The molecule has 1 saturated heterocycles. The van der Waals surface area contributed by atoms with Crippen LogP contribution in [0.2, 0.25) is 5.02 Å². The molecule has 5 heteroatoms. The summed E-state index contributed by atoms with van der Waals surface area (Å²) in [5.74, 6) is 0.611. The van der Waals surface area contributed by atoms with E-state index >= 15 is 0 Å². The van der Waals surface area contributed by atoms with E-state index in [2.05, 4.69) is 10.6 Å². The monoisotopic (exact) mass is 328 g/mol. The van der Waals surface area contributed by atoms with Gasteiger partial charge in [0, 0.05) is 6.54 Å². The quantitative estimate of drug-likeness (QED) is 0.867. The first-order chi connectivity index (χ1) is 9.62. The first-order valence-electron chi connectivity index (χ1n) is 7.40. The molecule has 0 spiro atoms. The Morgan fingerprint density at radius 2 is 2.24 bits per heavy atom. The molecule has 1 aromatic rings. The molecule has 1 aliphatic heterocycles. The third kappa shape index (κ3) is 3.05. The van der Waals surface area contributed by atoms with E-state index in [1.807, 2.05) is 25.1 Å². The van der Waals surface area contributed by atoms with E-state index in [1.165, 1.54) is 6.42 Å². The normalized spacial score (nSPS) is 27.6. The summed E-state index contributed by atoms with van der Waals surface area (Å²) in [5.41, 5.74) is 1.61. The van der Waals surface area contributed by atoms with Gasteiger partial charge in [-0.2, -0.15) is 0 Å². The Bertz CT molecular complexity index is 535. The highest BCUT2D eigenvalue weighted by atomic mass is 35.5. The van der Waals surface area contributed by atoms with Gasteiger partial charge >= 0.3 is 0 Å². The summed E-state index contributed by atoms with van der Waals surface area (Å²) >= 11 is 6.19. The predicted octanol–water partition coefficient (Wildman–Crippen LogP) is 3.79. The van der Waals surface area contributed by atoms with Gasteiger partial charge < -0.3 is 10.6 Å². The van der Waals surface area contributed by atoms with Gasteiger partial charge in [0.2, 0.25) is 5.91 Å². The number of halogens is 2. The Morgan fingerprint density at radius 1 is 1.43 bits per heavy atom. The molecular formula is C16H22Cl2N2O. The molecule has 2 fully saturated rings. The van der Waals surface area contributed by atoms with Gasteiger partial charge in [-0.25, -0.2) is 0 Å². The van der Waals surface area contributed by atoms with Gasteiger partial charge in [-0.1, -0.05) is 30.5 Å². The second kappa shape index (κ2) is 6.55. The van der Waals surface area contributed by atoms with Crippen LogP contribution >= 0.6 is 24.0 Å². The van der Waals surface area contributed by atoms with Crippen molar-refractivity contribution in [1.82, 2.24) is 5.32 Å². The molecule has 2 N–H and O–H groups in total. The van der Waals surface area contributed by atoms with Crippen molar-refractivity contribution in [2.75, 3.05) is 18.4 Å². The number of benzene rings is 1. The number of aryl methyl sites for hydroxylation is 1. The van der Waals surface area contributed by atoms with E-state index in [1.54, 1.807) is 0 Å². The maximum atomic E-state index is 12.8. The lowest BCUT2D eigenvalue weighted by Crippen LogP contribution is -2.44. The molecule has 0 aromatic heterocycles. The molecule has 0 unspecified atom stereocenters. The fourth-order valence-electron chi connectivity index (χ4n) is 3.67. The number of carbonyl (C=O) groups is 1. The van der Waals surface area contributed by atoms with Crippen molar-refractivity contribution in [2.24, 2.45) is 11.3 Å². The zero-order valence-corrected chi connectivity index (χ0v) is 13.8. The molecule has 3 nitrogen and oxygen atoms in total. The minimum absolute atomic E-state index is 0. The van der Waals surface area contributed by atoms with Crippen molar-refractivity contribution < 1.29 is 4.79 Å². The van der Waals surface area contributed by atoms with Gasteiger partial charge in [-0.05, 0) is 49.9 Å². The molecule has 116 valence electrons. The molecule has 3 rings (SSSR count). The van der Waals surface area contributed by atoms with Crippen molar-refractivity contribution in [3.05, 3.63) is 28.8 Å². The van der Waals surface area contributed by atoms with Crippen LogP contribution in [0, 0.1) is 18.3 Å². The second-order valence-corrected chi connectivity index (χ2v) is 6.57. The Morgan fingerprint density at radius 3 is 3.05 bits per heavy atom. The average Bonchev–Trinajstić information content (AvgIpc) is 2.88. The highest BCUT2D eigenvalue weighted by molar-refractivity contribution is 6.33. The number of amides is 1. The lowest BCUT2D eigenvalue weighted by Gasteiger charge is -2.37. The third-order valence-electron chi connectivity index (χ3n) is 4.86. The fraction of sp³-hybridized carbons (Fsp3) is 0.562. The zero-order valence-electron chi connectivity index (χ0n) is 12.2. The lowest BCUT2D eigenvalue weighted by molar-refractivity contribution is -0.128. The Labute approximate surface area is 137 Å². The summed E-state index contributed by atoms with van der Waals surface area (Å²) in [6, 6.07) is 5.74. The first kappa shape index (κ1) is 16.6. The van der Waals surface area contributed by atoms with Crippen molar-refractivity contribution >= 4 is 35.6 Å². The van der Waals surface area contributed by atoms with E-state index in [0.717, 1.165) is 43.6 Å². The second-order valence-electron chi connectivity index (χ2n) is 6.17. The minimum Gasteiger partial charge on any atom is -0.324 e. The lowest BCUT2D eigenvalue weighted by atomic mass is 9.67. The van der Waals surface area contributed by atoms with Gasteiger partial charge in [-0.3, -0.25) is 4.79 Å². The molecule has 1 aliphatic carbocycles. The van der Waals surface area contributed by atoms with E-state index < -0.39 is 0 Å². The Balaban J connectivity index is 0.00000161. The number of hydrogen-bond donors (Lipinski definition) is 2. The maximum absolute atomic E-state index is 12.8. The highest BCUT2D eigenvalue weighted by Gasteiger charge is 2.49. The molecule has 1 amide bonds. The largest absolute Gasteiger partial charge is 0.324 e. The van der Waals surface area contributed by atoms with Gasteiger partial charge in [0.25, 0.3) is 0 Å². The molecular weight excluding hydrogens is 307 g/mol. The van der Waals surface area contributed by atoms with Gasteiger partial charge in [0.05, 0.1) is 16.1 Å². The fourth-order valence-corrected chi connectivity index (χ4v) is 3.84. The summed E-state index contributed by atoms with van der Waals surface area (Å²) < 4.78 is 0. The topological polar surface area (TPSA) is 41.1 Å². The minimum atomic E-state index is -0.231. The van der Waals surface area contributed by atoms with Crippen LogP contribution in [0.5, 0.6) is 0 Å². The van der Waals surface area contributed by atoms with E-state index in [4.69, 9.17) is 11.6 Å². The summed E-state index contributed by atoms with van der Waals surface area (Å²) in [4.78, 5) is 12.8. The number of nitrogens with one attached hydrogen (secondary N) is 2. The first-order valence-corrected chi connectivity index (χ1v) is 7.78. The van der Waals surface area contributed by atoms with Crippen LogP contribution in [0.25, 0.3) is 0 Å². The van der Waals surface area contributed by atoms with Gasteiger partial charge in [0.15, 0.2) is 0 Å². The predicted molar refractivity (Wildman–Crippen MR) is 89.3 cm³/mol. The number of anilines is 1. The summed E-state index contributed by atoms with van der Waals surface area (Å²) in [6.45, 7) is 3.77. The highest BCUT2D eigenvalue weighted by Crippen LogP contribution is 2.44. The van der Waals surface area contributed by atoms with Gasteiger partial charge in [-0.15, -0.1) is 12.4 Å². The SMILES string of the molecule is Cc1ccc(Cl)c(NC(=O)[C@@]23CCCC[C@H]2CNC3)c1.Cl. The van der Waals surface area contributed by atoms with Crippen LogP contribution in [-0.4, -0.2) is 19.0 Å². The van der Waals surface area contributed by atoms with Crippen molar-refractivity contribution in [2.45, 2.75) is 32.6 Å². The van der Waals surface area contributed by atoms with E-state index in [0.29, 0.717) is 10.9 Å². The maximum Gasteiger partial charge on any atom is 0.232 e. The van der Waals surface area contributed by atoms with E-state index in [9.17, 15) is 4.79 Å². The third-order valence-corrected chi connectivity index (χ3v) is 5.19. The Hall–Kier alpha value is -0.770. The molecule has 2 atom stereocenters. The molecule has 1 heterocycles. The molecule has 1 saturated carbocycles. The number of rotatable bonds is 2. The number of hydrogen-bond acceptors (Lipinski definition) is 2. The van der Waals surface area contributed by atoms with Gasteiger partial charge in [0.1, 0.15) is 0 Å². The van der Waals surface area contributed by atoms with Crippen LogP contribution < -0.4 is 10.6 Å². The van der Waals surface area contributed by atoms with Crippen LogP contribution in [0.1, 0.15) is 31.2 Å². The summed E-state index contributed by atoms with van der Waals surface area (Å²) in [6.07, 6.45) is 4.53. The van der Waals surface area contributed by atoms with Crippen LogP contribution in [0.15, 0.2) is 18.2 Å². The molecule has 0 radical (unpaired) electrons. The van der Waals surface area contributed by atoms with Crippen molar-refractivity contribution in [3.8, 4) is 0 Å². The summed E-state index contributed by atoms with van der Waals surface area (Å²) in [5, 5.41) is 7.09. The average molecular weight is 329 g/mol. The van der Waals surface area contributed by atoms with Crippen LogP contribution in [0.4, 0.5) is 5.69 Å². The van der Waals surface area contributed by atoms with Crippen molar-refractivity contribution in [1.29, 1.82) is 0 Å². The Kier molecular flexibility index (Phi) is 5.18. The zero-order chi connectivity index (χ0) is 14.2. The molecule has 2 aliphatic rings. The van der Waals surface area contributed by atoms with Crippen molar-refractivity contribution in [3.63, 3.8) is 0 Å². The van der Waals surface area contributed by atoms with E-state index in [-0.39, 0.29) is 23.7 Å². The van der Waals surface area contributed by atoms with Crippen LogP contribution in [-0.2, 0) is 4.79 Å². The smallest absolute Gasteiger partial charge is 0.232 e. The number of fused-ring (bicyclic) bond motifs is 1. The number of carbonyl (C=O) groups excluding carboxylic acids is 1. The molecule has 21 heavy (non-hydrogen) atoms. The molecule has 0 bridgehead atoms.